The van der Waals surface area contributed by atoms with Crippen LogP contribution in [-0.4, -0.2) is 42.3 Å². The molecule has 0 spiro atoms. The largest absolute Gasteiger partial charge is 0.394 e. The fourth-order valence-electron chi connectivity index (χ4n) is 2.19. The zero-order chi connectivity index (χ0) is 11.6. The van der Waals surface area contributed by atoms with Crippen LogP contribution in [0.5, 0.6) is 0 Å². The molecule has 88 valence electrons. The summed E-state index contributed by atoms with van der Waals surface area (Å²) in [7, 11) is 2.03. The van der Waals surface area contributed by atoms with Crippen molar-refractivity contribution in [1.82, 2.24) is 4.90 Å². The van der Waals surface area contributed by atoms with E-state index in [1.807, 2.05) is 7.05 Å². The Morgan fingerprint density at radius 2 is 2.12 bits per heavy atom. The standard InChI is InChI=1S/C12H17FN2O/c1-15-7-6-12(8-15,9-16)14-11-4-2-10(13)3-5-11/h2-5,14,16H,6-9H2,1H3. The van der Waals surface area contributed by atoms with Crippen molar-refractivity contribution in [2.45, 2.75) is 12.0 Å². The molecule has 2 rings (SSSR count). The lowest BCUT2D eigenvalue weighted by Crippen LogP contribution is -2.44. The minimum absolute atomic E-state index is 0.0920. The van der Waals surface area contributed by atoms with E-state index in [1.165, 1.54) is 12.1 Å². The van der Waals surface area contributed by atoms with Gasteiger partial charge < -0.3 is 15.3 Å². The van der Waals surface area contributed by atoms with Crippen molar-refractivity contribution in [2.75, 3.05) is 32.1 Å². The van der Waals surface area contributed by atoms with E-state index in [0.717, 1.165) is 25.2 Å². The van der Waals surface area contributed by atoms with Gasteiger partial charge in [0.15, 0.2) is 0 Å². The molecule has 1 aromatic carbocycles. The van der Waals surface area contributed by atoms with Gasteiger partial charge in [0, 0.05) is 18.8 Å². The van der Waals surface area contributed by atoms with Crippen molar-refractivity contribution in [1.29, 1.82) is 0 Å². The molecule has 0 amide bonds. The molecule has 1 unspecified atom stereocenters. The second-order valence-electron chi connectivity index (χ2n) is 4.56. The SMILES string of the molecule is CN1CCC(CO)(Nc2ccc(F)cc2)C1. The molecule has 1 atom stereocenters. The molecule has 1 aliphatic heterocycles. The van der Waals surface area contributed by atoms with Crippen LogP contribution in [0, 0.1) is 5.82 Å². The summed E-state index contributed by atoms with van der Waals surface area (Å²) in [6, 6.07) is 6.24. The van der Waals surface area contributed by atoms with E-state index in [4.69, 9.17) is 0 Å². The normalized spacial score (nSPS) is 25.9. The number of hydrogen-bond acceptors (Lipinski definition) is 3. The topological polar surface area (TPSA) is 35.5 Å². The predicted molar refractivity (Wildman–Crippen MR) is 62.0 cm³/mol. The maximum absolute atomic E-state index is 12.8. The Hall–Kier alpha value is -1.13. The van der Waals surface area contributed by atoms with E-state index in [2.05, 4.69) is 10.2 Å². The first-order chi connectivity index (χ1) is 7.63. The maximum Gasteiger partial charge on any atom is 0.123 e. The number of anilines is 1. The lowest BCUT2D eigenvalue weighted by atomic mass is 9.99. The molecule has 3 nitrogen and oxygen atoms in total. The minimum atomic E-state index is -0.285. The van der Waals surface area contributed by atoms with Crippen LogP contribution >= 0.6 is 0 Å². The highest BCUT2D eigenvalue weighted by Gasteiger charge is 2.35. The van der Waals surface area contributed by atoms with Gasteiger partial charge in [0.25, 0.3) is 0 Å². The molecular weight excluding hydrogens is 207 g/mol. The number of halogens is 1. The molecule has 0 bridgehead atoms. The Morgan fingerprint density at radius 1 is 1.44 bits per heavy atom. The summed E-state index contributed by atoms with van der Waals surface area (Å²) in [5.74, 6) is -0.243. The molecule has 0 saturated carbocycles. The number of hydrogen-bond donors (Lipinski definition) is 2. The number of nitrogens with zero attached hydrogens (tertiary/aromatic N) is 1. The second kappa shape index (κ2) is 4.39. The Balaban J connectivity index is 2.10. The second-order valence-corrected chi connectivity index (χ2v) is 4.56. The summed E-state index contributed by atoms with van der Waals surface area (Å²) >= 11 is 0. The van der Waals surface area contributed by atoms with E-state index in [-0.39, 0.29) is 18.0 Å². The van der Waals surface area contributed by atoms with Gasteiger partial charge >= 0.3 is 0 Å². The molecule has 4 heteroatoms. The molecule has 1 fully saturated rings. The van der Waals surface area contributed by atoms with Gasteiger partial charge in [-0.25, -0.2) is 4.39 Å². The molecule has 0 aromatic heterocycles. The van der Waals surface area contributed by atoms with Crippen LogP contribution in [0.2, 0.25) is 0 Å². The summed E-state index contributed by atoms with van der Waals surface area (Å²) < 4.78 is 12.8. The van der Waals surface area contributed by atoms with E-state index < -0.39 is 0 Å². The van der Waals surface area contributed by atoms with Crippen molar-refractivity contribution < 1.29 is 9.50 Å². The summed E-state index contributed by atoms with van der Waals surface area (Å²) in [5, 5.41) is 12.8. The Labute approximate surface area is 94.9 Å². The third kappa shape index (κ3) is 2.33. The van der Waals surface area contributed by atoms with Crippen molar-refractivity contribution in [2.24, 2.45) is 0 Å². The van der Waals surface area contributed by atoms with E-state index >= 15 is 0 Å². The van der Waals surface area contributed by atoms with Crippen LogP contribution in [-0.2, 0) is 0 Å². The monoisotopic (exact) mass is 224 g/mol. The van der Waals surface area contributed by atoms with E-state index in [1.54, 1.807) is 12.1 Å². The molecular formula is C12H17FN2O. The minimum Gasteiger partial charge on any atom is -0.394 e. The average Bonchev–Trinajstić information content (AvgIpc) is 2.64. The van der Waals surface area contributed by atoms with Crippen molar-refractivity contribution in [3.63, 3.8) is 0 Å². The third-order valence-corrected chi connectivity index (χ3v) is 3.10. The van der Waals surface area contributed by atoms with Crippen LogP contribution in [0.15, 0.2) is 24.3 Å². The Kier molecular flexibility index (Phi) is 3.12. The first-order valence-electron chi connectivity index (χ1n) is 5.47. The predicted octanol–water partition coefficient (Wildman–Crippen LogP) is 1.30. The van der Waals surface area contributed by atoms with E-state index in [9.17, 15) is 9.50 Å². The molecule has 1 heterocycles. The van der Waals surface area contributed by atoms with Crippen molar-refractivity contribution in [3.8, 4) is 0 Å². The molecule has 1 aliphatic rings. The lowest BCUT2D eigenvalue weighted by Gasteiger charge is -2.29. The van der Waals surface area contributed by atoms with Gasteiger partial charge in [0.05, 0.1) is 12.1 Å². The van der Waals surface area contributed by atoms with Crippen LogP contribution in [0.4, 0.5) is 10.1 Å². The van der Waals surface area contributed by atoms with Crippen LogP contribution in [0.1, 0.15) is 6.42 Å². The number of aliphatic hydroxyl groups is 1. The fourth-order valence-corrected chi connectivity index (χ4v) is 2.19. The van der Waals surface area contributed by atoms with Gasteiger partial charge in [0.2, 0.25) is 0 Å². The zero-order valence-corrected chi connectivity index (χ0v) is 9.41. The first kappa shape index (κ1) is 11.4. The number of rotatable bonds is 3. The lowest BCUT2D eigenvalue weighted by molar-refractivity contribution is 0.212. The molecule has 0 radical (unpaired) electrons. The number of aliphatic hydroxyl groups excluding tert-OH is 1. The smallest absolute Gasteiger partial charge is 0.123 e. The molecule has 1 aromatic rings. The van der Waals surface area contributed by atoms with Crippen molar-refractivity contribution in [3.05, 3.63) is 30.1 Å². The molecule has 16 heavy (non-hydrogen) atoms. The number of likely N-dealkylation sites (tertiary alicyclic amines) is 1. The summed E-state index contributed by atoms with van der Waals surface area (Å²) in [4.78, 5) is 2.17. The first-order valence-corrected chi connectivity index (χ1v) is 5.47. The summed E-state index contributed by atoms with van der Waals surface area (Å²) in [5.41, 5.74) is 0.567. The highest BCUT2D eigenvalue weighted by molar-refractivity contribution is 5.46. The van der Waals surface area contributed by atoms with Gasteiger partial charge in [-0.2, -0.15) is 0 Å². The summed E-state index contributed by atoms with van der Waals surface area (Å²) in [6.07, 6.45) is 0.900. The van der Waals surface area contributed by atoms with Crippen LogP contribution in [0.3, 0.4) is 0 Å². The van der Waals surface area contributed by atoms with Crippen LogP contribution < -0.4 is 5.32 Å². The average molecular weight is 224 g/mol. The fraction of sp³-hybridized carbons (Fsp3) is 0.500. The Morgan fingerprint density at radius 3 is 2.62 bits per heavy atom. The quantitative estimate of drug-likeness (QED) is 0.812. The van der Waals surface area contributed by atoms with Gasteiger partial charge in [-0.1, -0.05) is 0 Å². The molecule has 0 aliphatic carbocycles. The maximum atomic E-state index is 12.8. The Bertz CT molecular complexity index is 355. The van der Waals surface area contributed by atoms with Crippen molar-refractivity contribution >= 4 is 5.69 Å². The summed E-state index contributed by atoms with van der Waals surface area (Å²) in [6.45, 7) is 1.87. The third-order valence-electron chi connectivity index (χ3n) is 3.10. The van der Waals surface area contributed by atoms with Gasteiger partial charge in [-0.3, -0.25) is 0 Å². The van der Waals surface area contributed by atoms with Gasteiger partial charge in [-0.15, -0.1) is 0 Å². The molecule has 2 N–H and O–H groups in total. The highest BCUT2D eigenvalue weighted by Crippen LogP contribution is 2.25. The van der Waals surface area contributed by atoms with Gasteiger partial charge in [-0.05, 0) is 37.7 Å². The molecule has 1 saturated heterocycles. The van der Waals surface area contributed by atoms with Crippen LogP contribution in [0.25, 0.3) is 0 Å². The number of likely N-dealkylation sites (N-methyl/N-ethyl adjacent to an activating group) is 1. The number of nitrogens with one attached hydrogen (secondary N) is 1. The van der Waals surface area contributed by atoms with Gasteiger partial charge in [0.1, 0.15) is 5.82 Å². The number of benzene rings is 1. The van der Waals surface area contributed by atoms with E-state index in [0.29, 0.717) is 0 Å². The highest BCUT2D eigenvalue weighted by atomic mass is 19.1. The zero-order valence-electron chi connectivity index (χ0n) is 9.41.